The number of hydrogen-bond acceptors (Lipinski definition) is 6. The van der Waals surface area contributed by atoms with Gasteiger partial charge in [0.05, 0.1) is 20.3 Å². The number of nitrogens with one attached hydrogen (secondary N) is 1. The van der Waals surface area contributed by atoms with E-state index >= 15 is 0 Å². The maximum Gasteiger partial charge on any atom is 0.229 e. The van der Waals surface area contributed by atoms with Crippen LogP contribution in [0.3, 0.4) is 0 Å². The monoisotopic (exact) mass is 424 g/mol. The van der Waals surface area contributed by atoms with Gasteiger partial charge in [0.2, 0.25) is 11.8 Å². The molecule has 0 saturated carbocycles. The van der Waals surface area contributed by atoms with E-state index in [9.17, 15) is 9.59 Å². The van der Waals surface area contributed by atoms with Crippen molar-refractivity contribution in [3.8, 4) is 17.2 Å². The molecule has 2 heterocycles. The van der Waals surface area contributed by atoms with Crippen molar-refractivity contribution >= 4 is 11.8 Å². The first kappa shape index (κ1) is 21.2. The van der Waals surface area contributed by atoms with Gasteiger partial charge < -0.3 is 19.5 Å². The van der Waals surface area contributed by atoms with Gasteiger partial charge in [-0.25, -0.2) is 0 Å². The number of rotatable bonds is 10. The van der Waals surface area contributed by atoms with Gasteiger partial charge in [0, 0.05) is 25.8 Å². The van der Waals surface area contributed by atoms with E-state index in [-0.39, 0.29) is 25.0 Å². The zero-order chi connectivity index (χ0) is 21.6. The van der Waals surface area contributed by atoms with E-state index in [4.69, 9.17) is 14.2 Å². The molecule has 4 rings (SSSR count). The number of methoxy groups -OCH3 is 1. The fourth-order valence-electron chi connectivity index (χ4n) is 3.92. The average Bonchev–Trinajstić information content (AvgIpc) is 3.38. The summed E-state index contributed by atoms with van der Waals surface area (Å²) in [6, 6.07) is 12.2. The van der Waals surface area contributed by atoms with Gasteiger partial charge in [0.25, 0.3) is 0 Å². The summed E-state index contributed by atoms with van der Waals surface area (Å²) in [5.41, 5.74) is 3.71. The molecule has 7 nitrogen and oxygen atoms in total. The minimum absolute atomic E-state index is 0.129. The number of amides is 2. The first-order chi connectivity index (χ1) is 15.1. The highest BCUT2D eigenvalue weighted by Crippen LogP contribution is 2.28. The van der Waals surface area contributed by atoms with Crippen LogP contribution in [0.4, 0.5) is 0 Å². The van der Waals surface area contributed by atoms with Crippen molar-refractivity contribution in [2.24, 2.45) is 0 Å². The maximum absolute atomic E-state index is 11.7. The summed E-state index contributed by atoms with van der Waals surface area (Å²) in [7, 11) is 1.60. The van der Waals surface area contributed by atoms with Crippen LogP contribution in [0.1, 0.15) is 29.5 Å². The Morgan fingerprint density at radius 3 is 2.61 bits per heavy atom. The molecule has 0 spiro atoms. The molecule has 0 aromatic heterocycles. The van der Waals surface area contributed by atoms with Crippen LogP contribution in [0.2, 0.25) is 0 Å². The summed E-state index contributed by atoms with van der Waals surface area (Å²) in [6.45, 7) is 2.89. The van der Waals surface area contributed by atoms with Crippen molar-refractivity contribution in [3.63, 3.8) is 0 Å². The number of carbonyl (C=O) groups excluding carboxylic acids is 2. The fourth-order valence-corrected chi connectivity index (χ4v) is 3.92. The van der Waals surface area contributed by atoms with Gasteiger partial charge in [-0.3, -0.25) is 14.5 Å². The molecule has 0 radical (unpaired) electrons. The van der Waals surface area contributed by atoms with Crippen LogP contribution in [-0.4, -0.2) is 50.1 Å². The van der Waals surface area contributed by atoms with Gasteiger partial charge in [-0.15, -0.1) is 0 Å². The standard InChI is InChI=1S/C24H28N2O5/c1-29-22-15-18(3-5-21(22)31-13-11-26-23(27)6-7-24(26)28)16-25-10-8-17-2-4-20-19(14-17)9-12-30-20/h2-5,14-15,25H,6-13,16H2,1H3. The Morgan fingerprint density at radius 2 is 1.81 bits per heavy atom. The quantitative estimate of drug-likeness (QED) is 0.467. The second kappa shape index (κ2) is 9.83. The second-order valence-electron chi connectivity index (χ2n) is 7.74. The Labute approximate surface area is 182 Å². The van der Waals surface area contributed by atoms with E-state index in [1.165, 1.54) is 16.0 Å². The normalized spacial score (nSPS) is 15.2. The van der Waals surface area contributed by atoms with Crippen LogP contribution in [0.25, 0.3) is 0 Å². The molecule has 0 atom stereocenters. The van der Waals surface area contributed by atoms with E-state index in [0.29, 0.717) is 24.3 Å². The maximum atomic E-state index is 11.7. The molecule has 0 unspecified atom stereocenters. The smallest absolute Gasteiger partial charge is 0.229 e. The molecule has 7 heteroatoms. The molecular weight excluding hydrogens is 396 g/mol. The molecule has 2 amide bonds. The molecule has 164 valence electrons. The molecule has 2 aliphatic heterocycles. The van der Waals surface area contributed by atoms with E-state index in [1.807, 2.05) is 18.2 Å². The number of fused-ring (bicyclic) bond motifs is 1. The molecule has 2 aliphatic rings. The summed E-state index contributed by atoms with van der Waals surface area (Å²) < 4.78 is 16.8. The van der Waals surface area contributed by atoms with Crippen LogP contribution in [0, 0.1) is 0 Å². The minimum Gasteiger partial charge on any atom is -0.493 e. The van der Waals surface area contributed by atoms with Crippen molar-refractivity contribution in [3.05, 3.63) is 53.1 Å². The zero-order valence-corrected chi connectivity index (χ0v) is 17.8. The lowest BCUT2D eigenvalue weighted by Gasteiger charge is -2.16. The number of likely N-dealkylation sites (tertiary alicyclic amines) is 1. The molecule has 0 bridgehead atoms. The summed E-state index contributed by atoms with van der Waals surface area (Å²) >= 11 is 0. The first-order valence-electron chi connectivity index (χ1n) is 10.7. The fraction of sp³-hybridized carbons (Fsp3) is 0.417. The molecule has 2 aromatic rings. The summed E-state index contributed by atoms with van der Waals surface area (Å²) in [5, 5.41) is 3.47. The Kier molecular flexibility index (Phi) is 6.72. The number of imide groups is 1. The predicted molar refractivity (Wildman–Crippen MR) is 115 cm³/mol. The lowest BCUT2D eigenvalue weighted by molar-refractivity contribution is -0.138. The van der Waals surface area contributed by atoms with Crippen LogP contribution in [0.15, 0.2) is 36.4 Å². The second-order valence-corrected chi connectivity index (χ2v) is 7.74. The largest absolute Gasteiger partial charge is 0.493 e. The highest BCUT2D eigenvalue weighted by molar-refractivity contribution is 6.01. The number of carbonyl (C=O) groups is 2. The van der Waals surface area contributed by atoms with Gasteiger partial charge in [-0.05, 0) is 47.9 Å². The van der Waals surface area contributed by atoms with Crippen LogP contribution < -0.4 is 19.5 Å². The molecule has 1 fully saturated rings. The van der Waals surface area contributed by atoms with Crippen LogP contribution >= 0.6 is 0 Å². The van der Waals surface area contributed by atoms with Crippen molar-refractivity contribution < 1.29 is 23.8 Å². The molecular formula is C24H28N2O5. The lowest BCUT2D eigenvalue weighted by atomic mass is 10.1. The minimum atomic E-state index is -0.129. The lowest BCUT2D eigenvalue weighted by Crippen LogP contribution is -2.33. The predicted octanol–water partition coefficient (Wildman–Crippen LogP) is 2.49. The molecule has 1 N–H and O–H groups in total. The number of nitrogens with zero attached hydrogens (tertiary/aromatic N) is 1. The van der Waals surface area contributed by atoms with Crippen LogP contribution in [0.5, 0.6) is 17.2 Å². The number of benzene rings is 2. The third kappa shape index (κ3) is 5.17. The Morgan fingerprint density at radius 1 is 1.00 bits per heavy atom. The van der Waals surface area contributed by atoms with Crippen molar-refractivity contribution in [1.82, 2.24) is 10.2 Å². The van der Waals surface area contributed by atoms with Gasteiger partial charge in [-0.1, -0.05) is 18.2 Å². The van der Waals surface area contributed by atoms with Gasteiger partial charge in [0.15, 0.2) is 11.5 Å². The van der Waals surface area contributed by atoms with Crippen molar-refractivity contribution in [1.29, 1.82) is 0 Å². The summed E-state index contributed by atoms with van der Waals surface area (Å²) in [6.07, 6.45) is 2.55. The first-order valence-corrected chi connectivity index (χ1v) is 10.7. The molecule has 31 heavy (non-hydrogen) atoms. The van der Waals surface area contributed by atoms with Crippen molar-refractivity contribution in [2.75, 3.05) is 33.4 Å². The summed E-state index contributed by atoms with van der Waals surface area (Å²) in [5.74, 6) is 2.00. The topological polar surface area (TPSA) is 77.1 Å². The third-order valence-corrected chi connectivity index (χ3v) is 5.63. The van der Waals surface area contributed by atoms with Gasteiger partial charge in [-0.2, -0.15) is 0 Å². The van der Waals surface area contributed by atoms with Crippen LogP contribution in [-0.2, 0) is 29.0 Å². The Hall–Kier alpha value is -3.06. The molecule has 1 saturated heterocycles. The Balaban J connectivity index is 1.23. The highest BCUT2D eigenvalue weighted by Gasteiger charge is 2.28. The van der Waals surface area contributed by atoms with Gasteiger partial charge in [0.1, 0.15) is 12.4 Å². The molecule has 0 aliphatic carbocycles. The highest BCUT2D eigenvalue weighted by atomic mass is 16.5. The van der Waals surface area contributed by atoms with E-state index < -0.39 is 0 Å². The Bertz CT molecular complexity index is 943. The third-order valence-electron chi connectivity index (χ3n) is 5.63. The zero-order valence-electron chi connectivity index (χ0n) is 17.8. The average molecular weight is 424 g/mol. The van der Waals surface area contributed by atoms with E-state index in [2.05, 4.69) is 23.5 Å². The van der Waals surface area contributed by atoms with E-state index in [0.717, 1.165) is 43.9 Å². The van der Waals surface area contributed by atoms with Gasteiger partial charge >= 0.3 is 0 Å². The summed E-state index contributed by atoms with van der Waals surface area (Å²) in [4.78, 5) is 24.6. The number of ether oxygens (including phenoxy) is 3. The number of hydrogen-bond donors (Lipinski definition) is 1. The molecule has 2 aromatic carbocycles. The SMILES string of the molecule is COc1cc(CNCCc2ccc3c(c2)CCO3)ccc1OCCN1C(=O)CCC1=O. The van der Waals surface area contributed by atoms with E-state index in [1.54, 1.807) is 7.11 Å². The van der Waals surface area contributed by atoms with Crippen molar-refractivity contribution in [2.45, 2.75) is 32.2 Å².